The van der Waals surface area contributed by atoms with Crippen LogP contribution in [0.5, 0.6) is 11.5 Å². The first-order chi connectivity index (χ1) is 16.6. The summed E-state index contributed by atoms with van der Waals surface area (Å²) in [5, 5.41) is 3.37. The molecular weight excluding hydrogens is 450 g/mol. The summed E-state index contributed by atoms with van der Waals surface area (Å²) in [6.45, 7) is 0.673. The van der Waals surface area contributed by atoms with Crippen molar-refractivity contribution in [1.82, 2.24) is 10.3 Å². The lowest BCUT2D eigenvalue weighted by Crippen LogP contribution is -2.30. The fourth-order valence-electron chi connectivity index (χ4n) is 3.81. The molecule has 1 aliphatic heterocycles. The highest BCUT2D eigenvalue weighted by Crippen LogP contribution is 2.40. The number of aromatic nitrogens is 1. The molecule has 1 aliphatic rings. The molecule has 2 heterocycles. The van der Waals surface area contributed by atoms with Gasteiger partial charge in [0.2, 0.25) is 0 Å². The second kappa shape index (κ2) is 9.37. The molecule has 0 bridgehead atoms. The smallest absolute Gasteiger partial charge is 0.258 e. The van der Waals surface area contributed by atoms with Gasteiger partial charge in [-0.3, -0.25) is 14.6 Å². The summed E-state index contributed by atoms with van der Waals surface area (Å²) in [7, 11) is 0. The number of pyridine rings is 1. The standard InChI is InChI=1S/C27H20ClN3O3/c28-22-8-9-25-23(15-22)31(17-21-4-1-2-7-24(21)34-25)27(33)20-6-3-5-19(14-20)26(32)30-16-18-10-12-29-13-11-18/h1-15H,16-17H2,(H,30,32). The van der Waals surface area contributed by atoms with Crippen molar-refractivity contribution >= 4 is 29.1 Å². The molecule has 3 aromatic carbocycles. The maximum Gasteiger partial charge on any atom is 0.258 e. The molecule has 0 unspecified atom stereocenters. The van der Waals surface area contributed by atoms with Crippen LogP contribution in [0.4, 0.5) is 5.69 Å². The number of rotatable bonds is 4. The van der Waals surface area contributed by atoms with Crippen molar-refractivity contribution in [2.45, 2.75) is 13.1 Å². The normalized spacial score (nSPS) is 12.1. The number of fused-ring (bicyclic) bond motifs is 2. The summed E-state index contributed by atoms with van der Waals surface area (Å²) in [5.74, 6) is 0.701. The summed E-state index contributed by atoms with van der Waals surface area (Å²) in [6.07, 6.45) is 3.35. The minimum atomic E-state index is -0.264. The average molecular weight is 470 g/mol. The van der Waals surface area contributed by atoms with Crippen molar-refractivity contribution in [2.75, 3.05) is 4.90 Å². The Morgan fingerprint density at radius 1 is 0.912 bits per heavy atom. The first-order valence-electron chi connectivity index (χ1n) is 10.7. The van der Waals surface area contributed by atoms with E-state index in [1.165, 1.54) is 0 Å². The van der Waals surface area contributed by atoms with Crippen LogP contribution in [0.1, 0.15) is 31.8 Å². The Bertz CT molecular complexity index is 1370. The van der Waals surface area contributed by atoms with E-state index in [0.717, 1.165) is 11.1 Å². The lowest BCUT2D eigenvalue weighted by atomic mass is 10.1. The van der Waals surface area contributed by atoms with Crippen molar-refractivity contribution in [3.8, 4) is 11.5 Å². The van der Waals surface area contributed by atoms with Gasteiger partial charge in [-0.2, -0.15) is 0 Å². The van der Waals surface area contributed by atoms with Crippen LogP contribution in [-0.4, -0.2) is 16.8 Å². The first-order valence-corrected chi connectivity index (χ1v) is 11.1. The van der Waals surface area contributed by atoms with Gasteiger partial charge in [-0.25, -0.2) is 0 Å². The van der Waals surface area contributed by atoms with Gasteiger partial charge in [0.15, 0.2) is 5.75 Å². The van der Waals surface area contributed by atoms with E-state index in [2.05, 4.69) is 10.3 Å². The summed E-state index contributed by atoms with van der Waals surface area (Å²) < 4.78 is 6.09. The number of benzene rings is 3. The van der Waals surface area contributed by atoms with Gasteiger partial charge < -0.3 is 15.0 Å². The quantitative estimate of drug-likeness (QED) is 0.421. The summed E-state index contributed by atoms with van der Waals surface area (Å²) in [5.41, 5.74) is 3.17. The van der Waals surface area contributed by atoms with E-state index in [9.17, 15) is 9.59 Å². The second-order valence-electron chi connectivity index (χ2n) is 7.83. The molecule has 0 saturated heterocycles. The number of hydrogen-bond acceptors (Lipinski definition) is 4. The number of ether oxygens (including phenoxy) is 1. The van der Waals surface area contributed by atoms with E-state index >= 15 is 0 Å². The largest absolute Gasteiger partial charge is 0.455 e. The maximum atomic E-state index is 13.7. The second-order valence-corrected chi connectivity index (χ2v) is 8.27. The third-order valence-corrected chi connectivity index (χ3v) is 5.79. The van der Waals surface area contributed by atoms with Crippen molar-refractivity contribution < 1.29 is 14.3 Å². The van der Waals surface area contributed by atoms with Crippen LogP contribution < -0.4 is 15.0 Å². The molecule has 2 amide bonds. The summed E-state index contributed by atoms with van der Waals surface area (Å²) in [6, 6.07) is 23.1. The van der Waals surface area contributed by atoms with Gasteiger partial charge in [-0.1, -0.05) is 35.9 Å². The molecule has 168 valence electrons. The van der Waals surface area contributed by atoms with Gasteiger partial charge in [-0.15, -0.1) is 0 Å². The van der Waals surface area contributed by atoms with Crippen LogP contribution in [0, 0.1) is 0 Å². The third kappa shape index (κ3) is 4.49. The molecule has 0 aliphatic carbocycles. The van der Waals surface area contributed by atoms with E-state index in [1.54, 1.807) is 59.8 Å². The molecular formula is C27H20ClN3O3. The molecule has 5 rings (SSSR count). The van der Waals surface area contributed by atoms with E-state index in [0.29, 0.717) is 46.4 Å². The highest BCUT2D eigenvalue weighted by molar-refractivity contribution is 6.31. The van der Waals surface area contributed by atoms with Crippen LogP contribution in [0.25, 0.3) is 0 Å². The number of carbonyl (C=O) groups excluding carboxylic acids is 2. The Morgan fingerprint density at radius 2 is 1.71 bits per heavy atom. The Balaban J connectivity index is 1.44. The molecule has 0 radical (unpaired) electrons. The van der Waals surface area contributed by atoms with Crippen molar-refractivity contribution in [2.24, 2.45) is 0 Å². The minimum Gasteiger partial charge on any atom is -0.455 e. The van der Waals surface area contributed by atoms with E-state index in [4.69, 9.17) is 16.3 Å². The van der Waals surface area contributed by atoms with Crippen LogP contribution in [0.15, 0.2) is 91.3 Å². The van der Waals surface area contributed by atoms with Gasteiger partial charge in [0, 0.05) is 40.7 Å². The van der Waals surface area contributed by atoms with Gasteiger partial charge in [0.05, 0.1) is 12.2 Å². The number of anilines is 1. The number of nitrogens with zero attached hydrogens (tertiary/aromatic N) is 2. The molecule has 1 aromatic heterocycles. The number of hydrogen-bond donors (Lipinski definition) is 1. The predicted molar refractivity (Wildman–Crippen MR) is 130 cm³/mol. The molecule has 7 heteroatoms. The topological polar surface area (TPSA) is 71.5 Å². The van der Waals surface area contributed by atoms with Crippen LogP contribution in [0.3, 0.4) is 0 Å². The van der Waals surface area contributed by atoms with Gasteiger partial charge in [0.25, 0.3) is 11.8 Å². The lowest BCUT2D eigenvalue weighted by molar-refractivity contribution is 0.0951. The summed E-state index contributed by atoms with van der Waals surface area (Å²) in [4.78, 5) is 32.0. The number of para-hydroxylation sites is 1. The number of halogens is 1. The third-order valence-electron chi connectivity index (χ3n) is 5.55. The van der Waals surface area contributed by atoms with Gasteiger partial charge in [0.1, 0.15) is 5.75 Å². The van der Waals surface area contributed by atoms with Crippen molar-refractivity contribution in [3.63, 3.8) is 0 Å². The molecule has 34 heavy (non-hydrogen) atoms. The number of nitrogens with one attached hydrogen (secondary N) is 1. The van der Waals surface area contributed by atoms with E-state index in [-0.39, 0.29) is 11.8 Å². The Hall–Kier alpha value is -4.16. The van der Waals surface area contributed by atoms with Crippen LogP contribution >= 0.6 is 11.6 Å². The Morgan fingerprint density at radius 3 is 2.56 bits per heavy atom. The Labute approximate surface area is 201 Å². The Kier molecular flexibility index (Phi) is 5.97. The van der Waals surface area contributed by atoms with Gasteiger partial charge >= 0.3 is 0 Å². The van der Waals surface area contributed by atoms with Crippen LogP contribution in [-0.2, 0) is 13.1 Å². The molecule has 6 nitrogen and oxygen atoms in total. The molecule has 1 N–H and O–H groups in total. The monoisotopic (exact) mass is 469 g/mol. The molecule has 0 atom stereocenters. The zero-order valence-corrected chi connectivity index (χ0v) is 18.8. The van der Waals surface area contributed by atoms with Crippen LogP contribution in [0.2, 0.25) is 5.02 Å². The molecule has 0 spiro atoms. The van der Waals surface area contributed by atoms with E-state index < -0.39 is 0 Å². The molecule has 0 saturated carbocycles. The minimum absolute atomic E-state index is 0.257. The fraction of sp³-hybridized carbons (Fsp3) is 0.0741. The highest BCUT2D eigenvalue weighted by atomic mass is 35.5. The lowest BCUT2D eigenvalue weighted by Gasteiger charge is -2.22. The average Bonchev–Trinajstić information content (AvgIpc) is 3.04. The highest BCUT2D eigenvalue weighted by Gasteiger charge is 2.27. The van der Waals surface area contributed by atoms with E-state index in [1.807, 2.05) is 36.4 Å². The number of amides is 2. The zero-order chi connectivity index (χ0) is 23.5. The maximum absolute atomic E-state index is 13.7. The van der Waals surface area contributed by atoms with Crippen molar-refractivity contribution in [1.29, 1.82) is 0 Å². The number of carbonyl (C=O) groups is 2. The molecule has 0 fully saturated rings. The van der Waals surface area contributed by atoms with Gasteiger partial charge in [-0.05, 0) is 60.2 Å². The summed E-state index contributed by atoms with van der Waals surface area (Å²) >= 11 is 6.26. The fourth-order valence-corrected chi connectivity index (χ4v) is 3.98. The molecule has 4 aromatic rings. The SMILES string of the molecule is O=C(NCc1ccncc1)c1cccc(C(=O)N2Cc3ccccc3Oc3ccc(Cl)cc32)c1. The predicted octanol–water partition coefficient (Wildman–Crippen LogP) is 5.62. The van der Waals surface area contributed by atoms with Crippen molar-refractivity contribution in [3.05, 3.63) is 119 Å². The first kappa shape index (κ1) is 21.7. The zero-order valence-electron chi connectivity index (χ0n) is 18.1.